The third kappa shape index (κ3) is 4.73. The first-order valence-electron chi connectivity index (χ1n) is 7.96. The molecule has 0 saturated heterocycles. The van der Waals surface area contributed by atoms with Crippen LogP contribution in [0.3, 0.4) is 0 Å². The highest BCUT2D eigenvalue weighted by molar-refractivity contribution is 6.00. The van der Waals surface area contributed by atoms with Crippen molar-refractivity contribution in [2.75, 3.05) is 12.4 Å². The molecule has 0 spiro atoms. The van der Waals surface area contributed by atoms with Crippen molar-refractivity contribution in [1.29, 1.82) is 0 Å². The molecule has 0 aliphatic heterocycles. The molecule has 6 heteroatoms. The molecule has 0 fully saturated rings. The zero-order chi connectivity index (χ0) is 18.4. The van der Waals surface area contributed by atoms with Crippen LogP contribution in [0.15, 0.2) is 48.5 Å². The van der Waals surface area contributed by atoms with Gasteiger partial charge in [-0.15, -0.1) is 0 Å². The number of carboxylic acid groups (broad SMARTS) is 1. The zero-order valence-corrected chi connectivity index (χ0v) is 14.4. The lowest BCUT2D eigenvalue weighted by Crippen LogP contribution is -2.40. The number of hydrogen-bond donors (Lipinski definition) is 3. The van der Waals surface area contributed by atoms with Gasteiger partial charge in [-0.05, 0) is 38.1 Å². The normalized spacial score (nSPS) is 12.8. The Kier molecular flexibility index (Phi) is 6.00. The van der Waals surface area contributed by atoms with E-state index >= 15 is 0 Å². The van der Waals surface area contributed by atoms with Crippen LogP contribution < -0.4 is 15.4 Å². The van der Waals surface area contributed by atoms with Gasteiger partial charge in [0.2, 0.25) is 0 Å². The van der Waals surface area contributed by atoms with Crippen LogP contribution in [0.25, 0.3) is 0 Å². The highest BCUT2D eigenvalue weighted by Gasteiger charge is 2.22. The van der Waals surface area contributed by atoms with Crippen LogP contribution in [0.5, 0.6) is 5.75 Å². The van der Waals surface area contributed by atoms with Gasteiger partial charge in [0.15, 0.2) is 0 Å². The lowest BCUT2D eigenvalue weighted by molar-refractivity contribution is -0.141. The van der Waals surface area contributed by atoms with Gasteiger partial charge in [-0.25, -0.2) is 0 Å². The topological polar surface area (TPSA) is 87.7 Å². The summed E-state index contributed by atoms with van der Waals surface area (Å²) in [6.45, 7) is 3.24. The van der Waals surface area contributed by atoms with E-state index in [1.165, 1.54) is 0 Å². The van der Waals surface area contributed by atoms with Gasteiger partial charge < -0.3 is 20.5 Å². The van der Waals surface area contributed by atoms with Crippen LogP contribution >= 0.6 is 0 Å². The second-order valence-electron chi connectivity index (χ2n) is 5.79. The number of ether oxygens (including phenoxy) is 1. The number of para-hydroxylation sites is 1. The van der Waals surface area contributed by atoms with Crippen molar-refractivity contribution in [3.8, 4) is 5.75 Å². The average Bonchev–Trinajstić information content (AvgIpc) is 2.61. The number of carbonyl (C=O) groups excluding carboxylic acids is 1. The quantitative estimate of drug-likeness (QED) is 0.719. The molecule has 2 aromatic rings. The van der Waals surface area contributed by atoms with Crippen LogP contribution in [0, 0.1) is 5.92 Å². The molecule has 1 amide bonds. The number of anilines is 2. The highest BCUT2D eigenvalue weighted by Crippen LogP contribution is 2.24. The molecule has 2 rings (SSSR count). The van der Waals surface area contributed by atoms with Crippen molar-refractivity contribution in [2.24, 2.45) is 5.92 Å². The van der Waals surface area contributed by atoms with Gasteiger partial charge in [-0.1, -0.05) is 18.2 Å². The molecule has 2 unspecified atom stereocenters. The number of carboxylic acids is 1. The number of hydrogen-bond acceptors (Lipinski definition) is 4. The van der Waals surface area contributed by atoms with Gasteiger partial charge in [0.05, 0.1) is 24.3 Å². The van der Waals surface area contributed by atoms with E-state index in [1.807, 2.05) is 30.3 Å². The molecule has 25 heavy (non-hydrogen) atoms. The number of carbonyl (C=O) groups is 2. The smallest absolute Gasteiger partial charge is 0.308 e. The maximum atomic E-state index is 12.5. The Morgan fingerprint density at radius 3 is 2.48 bits per heavy atom. The molecular formula is C19H22N2O4. The van der Waals surface area contributed by atoms with E-state index in [9.17, 15) is 9.59 Å². The molecule has 0 radical (unpaired) electrons. The van der Waals surface area contributed by atoms with Crippen molar-refractivity contribution in [3.05, 3.63) is 54.1 Å². The van der Waals surface area contributed by atoms with Crippen LogP contribution in [-0.4, -0.2) is 30.1 Å². The maximum absolute atomic E-state index is 12.5. The van der Waals surface area contributed by atoms with E-state index in [1.54, 1.807) is 39.2 Å². The Morgan fingerprint density at radius 1 is 1.08 bits per heavy atom. The lowest BCUT2D eigenvalue weighted by Gasteiger charge is -2.19. The molecule has 3 N–H and O–H groups in total. The summed E-state index contributed by atoms with van der Waals surface area (Å²) in [5.41, 5.74) is 1.85. The Labute approximate surface area is 146 Å². The Balaban J connectivity index is 2.19. The summed E-state index contributed by atoms with van der Waals surface area (Å²) in [5.74, 6) is -1.25. The molecular weight excluding hydrogens is 320 g/mol. The molecule has 0 aromatic heterocycles. The largest absolute Gasteiger partial charge is 0.497 e. The summed E-state index contributed by atoms with van der Waals surface area (Å²) in [4.78, 5) is 23.6. The van der Waals surface area contributed by atoms with Crippen LogP contribution in [0.4, 0.5) is 11.4 Å². The second-order valence-corrected chi connectivity index (χ2v) is 5.79. The van der Waals surface area contributed by atoms with Crippen LogP contribution in [0.1, 0.15) is 24.2 Å². The molecule has 6 nitrogen and oxygen atoms in total. The molecule has 0 heterocycles. The van der Waals surface area contributed by atoms with Gasteiger partial charge in [0.1, 0.15) is 5.75 Å². The molecule has 0 aliphatic rings. The zero-order valence-electron chi connectivity index (χ0n) is 14.4. The molecule has 2 atom stereocenters. The Hall–Kier alpha value is -3.02. The van der Waals surface area contributed by atoms with E-state index in [4.69, 9.17) is 9.84 Å². The molecule has 0 saturated carbocycles. The van der Waals surface area contributed by atoms with Crippen molar-refractivity contribution in [1.82, 2.24) is 5.32 Å². The summed E-state index contributed by atoms with van der Waals surface area (Å²) in [5, 5.41) is 15.0. The van der Waals surface area contributed by atoms with Crippen LogP contribution in [-0.2, 0) is 4.79 Å². The highest BCUT2D eigenvalue weighted by atomic mass is 16.5. The SMILES string of the molecule is COc1cccc(Nc2ccccc2C(=O)NC(C)C(C)C(=O)O)c1. The van der Waals surface area contributed by atoms with E-state index in [-0.39, 0.29) is 5.91 Å². The van der Waals surface area contributed by atoms with Crippen molar-refractivity contribution < 1.29 is 19.4 Å². The molecule has 0 bridgehead atoms. The van der Waals surface area contributed by atoms with Gasteiger partial charge in [0.25, 0.3) is 5.91 Å². The number of aliphatic carboxylic acids is 1. The average molecular weight is 342 g/mol. The number of rotatable bonds is 7. The monoisotopic (exact) mass is 342 g/mol. The number of amides is 1. The van der Waals surface area contributed by atoms with Gasteiger partial charge in [-0.2, -0.15) is 0 Å². The minimum Gasteiger partial charge on any atom is -0.497 e. The van der Waals surface area contributed by atoms with Crippen molar-refractivity contribution in [2.45, 2.75) is 19.9 Å². The summed E-state index contributed by atoms with van der Waals surface area (Å²) in [6, 6.07) is 13.9. The first-order chi connectivity index (χ1) is 11.9. The first kappa shape index (κ1) is 18.3. The van der Waals surface area contributed by atoms with E-state index in [0.29, 0.717) is 17.0 Å². The predicted octanol–water partition coefficient (Wildman–Crippen LogP) is 3.28. The minimum absolute atomic E-state index is 0.327. The van der Waals surface area contributed by atoms with Crippen LogP contribution in [0.2, 0.25) is 0 Å². The lowest BCUT2D eigenvalue weighted by atomic mass is 10.0. The minimum atomic E-state index is -0.949. The number of methoxy groups -OCH3 is 1. The summed E-state index contributed by atoms with van der Waals surface area (Å²) < 4.78 is 5.20. The number of benzene rings is 2. The van der Waals surface area contributed by atoms with Crippen molar-refractivity contribution in [3.63, 3.8) is 0 Å². The Morgan fingerprint density at radius 2 is 1.80 bits per heavy atom. The second kappa shape index (κ2) is 8.19. The molecule has 2 aromatic carbocycles. The third-order valence-corrected chi connectivity index (χ3v) is 4.02. The van der Waals surface area contributed by atoms with Gasteiger partial charge in [0, 0.05) is 17.8 Å². The fraction of sp³-hybridized carbons (Fsp3) is 0.263. The van der Waals surface area contributed by atoms with Gasteiger partial charge >= 0.3 is 5.97 Å². The Bertz CT molecular complexity index is 761. The fourth-order valence-corrected chi connectivity index (χ4v) is 2.27. The first-order valence-corrected chi connectivity index (χ1v) is 7.96. The van der Waals surface area contributed by atoms with Gasteiger partial charge in [-0.3, -0.25) is 9.59 Å². The summed E-state index contributed by atoms with van der Waals surface area (Å²) in [7, 11) is 1.59. The summed E-state index contributed by atoms with van der Waals surface area (Å²) >= 11 is 0. The summed E-state index contributed by atoms with van der Waals surface area (Å²) in [6.07, 6.45) is 0. The van der Waals surface area contributed by atoms with E-state index < -0.39 is 17.9 Å². The molecule has 0 aliphatic carbocycles. The molecule has 132 valence electrons. The van der Waals surface area contributed by atoms with E-state index in [2.05, 4.69) is 10.6 Å². The maximum Gasteiger partial charge on any atom is 0.308 e. The number of nitrogens with one attached hydrogen (secondary N) is 2. The predicted molar refractivity (Wildman–Crippen MR) is 96.4 cm³/mol. The standard InChI is InChI=1S/C19H22N2O4/c1-12(19(23)24)13(2)20-18(22)16-9-4-5-10-17(16)21-14-7-6-8-15(11-14)25-3/h4-13,21H,1-3H3,(H,20,22)(H,23,24). The fourth-order valence-electron chi connectivity index (χ4n) is 2.27. The third-order valence-electron chi connectivity index (χ3n) is 4.02. The van der Waals surface area contributed by atoms with E-state index in [0.717, 1.165) is 5.69 Å². The van der Waals surface area contributed by atoms with Crippen molar-refractivity contribution >= 4 is 23.3 Å².